The van der Waals surface area contributed by atoms with Crippen molar-refractivity contribution in [3.8, 4) is 6.01 Å². The van der Waals surface area contributed by atoms with E-state index in [9.17, 15) is 0 Å². The van der Waals surface area contributed by atoms with E-state index in [0.717, 1.165) is 12.8 Å². The summed E-state index contributed by atoms with van der Waals surface area (Å²) in [6, 6.07) is 1.98. The Morgan fingerprint density at radius 1 is 1.20 bits per heavy atom. The van der Waals surface area contributed by atoms with Gasteiger partial charge in [-0.25, -0.2) is 0 Å². The average Bonchev–Trinajstić information content (AvgIpc) is 2.39. The van der Waals surface area contributed by atoms with Crippen LogP contribution in [0.4, 0.5) is 5.95 Å². The van der Waals surface area contributed by atoms with Gasteiger partial charge < -0.3 is 15.0 Å². The van der Waals surface area contributed by atoms with E-state index < -0.39 is 0 Å². The van der Waals surface area contributed by atoms with Crippen LogP contribution in [0.3, 0.4) is 0 Å². The van der Waals surface area contributed by atoms with Crippen LogP contribution in [0.2, 0.25) is 5.28 Å². The van der Waals surface area contributed by atoms with Crippen molar-refractivity contribution in [2.45, 2.75) is 50.2 Å². The molecule has 2 aliphatic heterocycles. The van der Waals surface area contributed by atoms with Gasteiger partial charge in [0, 0.05) is 18.1 Å². The fourth-order valence-electron chi connectivity index (χ4n) is 3.40. The van der Waals surface area contributed by atoms with Crippen molar-refractivity contribution in [2.75, 3.05) is 19.5 Å². The first kappa shape index (κ1) is 13.8. The van der Waals surface area contributed by atoms with Crippen LogP contribution in [-0.4, -0.2) is 52.1 Å². The monoisotopic (exact) mass is 297 g/mol. The van der Waals surface area contributed by atoms with Gasteiger partial charge in [0.15, 0.2) is 0 Å². The first-order chi connectivity index (χ1) is 9.65. The molecule has 2 fully saturated rings. The number of methoxy groups -OCH3 is 1. The molecular formula is C13H20ClN5O. The van der Waals surface area contributed by atoms with Gasteiger partial charge in [0.25, 0.3) is 0 Å². The third-order valence-corrected chi connectivity index (χ3v) is 4.61. The summed E-state index contributed by atoms with van der Waals surface area (Å²) >= 11 is 5.87. The summed E-state index contributed by atoms with van der Waals surface area (Å²) < 4.78 is 5.02. The fourth-order valence-corrected chi connectivity index (χ4v) is 3.56. The smallest absolute Gasteiger partial charge is 0.322 e. The molecule has 2 atom stereocenters. The van der Waals surface area contributed by atoms with Crippen LogP contribution in [0, 0.1) is 0 Å². The second-order valence-corrected chi connectivity index (χ2v) is 5.97. The van der Waals surface area contributed by atoms with Crippen LogP contribution < -0.4 is 10.1 Å². The van der Waals surface area contributed by atoms with Gasteiger partial charge in [-0.05, 0) is 44.3 Å². The minimum absolute atomic E-state index is 0.160. The van der Waals surface area contributed by atoms with Gasteiger partial charge in [0.2, 0.25) is 11.2 Å². The molecule has 2 bridgehead atoms. The number of hydrogen-bond acceptors (Lipinski definition) is 6. The molecule has 3 rings (SSSR count). The number of piperidine rings is 2. The third kappa shape index (κ3) is 2.81. The van der Waals surface area contributed by atoms with E-state index >= 15 is 0 Å². The molecule has 6 nitrogen and oxygen atoms in total. The fraction of sp³-hybridized carbons (Fsp3) is 0.769. The third-order valence-electron chi connectivity index (χ3n) is 4.44. The Kier molecular flexibility index (Phi) is 3.94. The molecule has 3 heterocycles. The molecular weight excluding hydrogens is 278 g/mol. The van der Waals surface area contributed by atoms with Gasteiger partial charge in [-0.3, -0.25) is 0 Å². The minimum Gasteiger partial charge on any atom is -0.467 e. The van der Waals surface area contributed by atoms with Crippen LogP contribution in [0.1, 0.15) is 32.1 Å². The minimum atomic E-state index is 0.160. The highest BCUT2D eigenvalue weighted by Crippen LogP contribution is 2.33. The Labute approximate surface area is 123 Å². The van der Waals surface area contributed by atoms with Crippen LogP contribution in [0.15, 0.2) is 0 Å². The Morgan fingerprint density at radius 2 is 1.90 bits per heavy atom. The summed E-state index contributed by atoms with van der Waals surface area (Å²) in [7, 11) is 3.77. The van der Waals surface area contributed by atoms with Crippen LogP contribution in [0.25, 0.3) is 0 Å². The number of anilines is 1. The zero-order chi connectivity index (χ0) is 14.1. The Balaban J connectivity index is 1.70. The number of halogens is 1. The lowest BCUT2D eigenvalue weighted by Gasteiger charge is -2.47. The van der Waals surface area contributed by atoms with Gasteiger partial charge in [0.05, 0.1) is 7.11 Å². The Morgan fingerprint density at radius 3 is 2.55 bits per heavy atom. The van der Waals surface area contributed by atoms with E-state index in [2.05, 4.69) is 32.2 Å². The predicted molar refractivity (Wildman–Crippen MR) is 77.2 cm³/mol. The molecule has 0 aliphatic carbocycles. The molecule has 1 aromatic heterocycles. The Bertz CT molecular complexity index is 472. The standard InChI is InChI=1S/C13H20ClN5O/c1-19-9-4-3-5-10(19)7-8(6-9)15-12-16-11(14)17-13(18-12)20-2/h8-10H,3-7H2,1-2H3,(H,15,16,17,18). The van der Waals surface area contributed by atoms with Crippen molar-refractivity contribution < 1.29 is 4.74 Å². The molecule has 2 unspecified atom stereocenters. The van der Waals surface area contributed by atoms with Crippen molar-refractivity contribution in [3.05, 3.63) is 5.28 Å². The highest BCUT2D eigenvalue weighted by molar-refractivity contribution is 6.28. The molecule has 2 aliphatic rings. The number of nitrogens with zero attached hydrogens (tertiary/aromatic N) is 4. The zero-order valence-corrected chi connectivity index (χ0v) is 12.6. The quantitative estimate of drug-likeness (QED) is 0.920. The lowest BCUT2D eigenvalue weighted by molar-refractivity contribution is 0.0607. The number of hydrogen-bond donors (Lipinski definition) is 1. The van der Waals surface area contributed by atoms with E-state index in [1.54, 1.807) is 0 Å². The lowest BCUT2D eigenvalue weighted by Crippen LogP contribution is -2.52. The molecule has 0 spiro atoms. The van der Waals surface area contributed by atoms with Gasteiger partial charge in [0.1, 0.15) is 0 Å². The maximum Gasteiger partial charge on any atom is 0.322 e. The summed E-state index contributed by atoms with van der Waals surface area (Å²) in [5.41, 5.74) is 0. The van der Waals surface area contributed by atoms with E-state index in [1.165, 1.54) is 26.4 Å². The van der Waals surface area contributed by atoms with Crippen molar-refractivity contribution in [1.29, 1.82) is 0 Å². The van der Waals surface area contributed by atoms with Crippen LogP contribution in [-0.2, 0) is 0 Å². The number of aromatic nitrogens is 3. The molecule has 0 radical (unpaired) electrons. The van der Waals surface area contributed by atoms with Gasteiger partial charge in [-0.2, -0.15) is 15.0 Å². The zero-order valence-electron chi connectivity index (χ0n) is 11.8. The SMILES string of the molecule is COc1nc(Cl)nc(NC2CC3CCCC(C2)N3C)n1. The number of nitrogens with one attached hydrogen (secondary N) is 1. The molecule has 110 valence electrons. The molecule has 1 aromatic rings. The van der Waals surface area contributed by atoms with Crippen molar-refractivity contribution >= 4 is 17.5 Å². The lowest BCUT2D eigenvalue weighted by atomic mass is 9.82. The topological polar surface area (TPSA) is 63.2 Å². The molecule has 0 saturated carbocycles. The van der Waals surface area contributed by atoms with Gasteiger partial charge >= 0.3 is 6.01 Å². The maximum atomic E-state index is 5.87. The first-order valence-electron chi connectivity index (χ1n) is 7.09. The maximum absolute atomic E-state index is 5.87. The van der Waals surface area contributed by atoms with Crippen LogP contribution >= 0.6 is 11.6 Å². The van der Waals surface area contributed by atoms with E-state index in [4.69, 9.17) is 16.3 Å². The number of rotatable bonds is 3. The molecule has 7 heteroatoms. The second kappa shape index (κ2) is 5.69. The largest absolute Gasteiger partial charge is 0.467 e. The van der Waals surface area contributed by atoms with E-state index in [0.29, 0.717) is 24.1 Å². The first-order valence-corrected chi connectivity index (χ1v) is 7.47. The number of ether oxygens (including phenoxy) is 1. The molecule has 1 N–H and O–H groups in total. The van der Waals surface area contributed by atoms with Crippen LogP contribution in [0.5, 0.6) is 6.01 Å². The molecule has 0 aromatic carbocycles. The summed E-state index contributed by atoms with van der Waals surface area (Å²) in [4.78, 5) is 14.8. The normalized spacial score (nSPS) is 30.1. The van der Waals surface area contributed by atoms with Crippen molar-refractivity contribution in [2.24, 2.45) is 0 Å². The molecule has 20 heavy (non-hydrogen) atoms. The van der Waals surface area contributed by atoms with E-state index in [1.807, 2.05) is 0 Å². The highest BCUT2D eigenvalue weighted by atomic mass is 35.5. The van der Waals surface area contributed by atoms with E-state index in [-0.39, 0.29) is 11.3 Å². The predicted octanol–water partition coefficient (Wildman–Crippen LogP) is 1.96. The summed E-state index contributed by atoms with van der Waals surface area (Å²) in [5.74, 6) is 0.509. The van der Waals surface area contributed by atoms with Gasteiger partial charge in [-0.1, -0.05) is 6.42 Å². The van der Waals surface area contributed by atoms with Gasteiger partial charge in [-0.15, -0.1) is 0 Å². The number of fused-ring (bicyclic) bond motifs is 2. The highest BCUT2D eigenvalue weighted by Gasteiger charge is 2.36. The van der Waals surface area contributed by atoms with Crippen molar-refractivity contribution in [1.82, 2.24) is 19.9 Å². The van der Waals surface area contributed by atoms with Crippen molar-refractivity contribution in [3.63, 3.8) is 0 Å². The molecule has 2 saturated heterocycles. The Hall–Kier alpha value is -1.14. The molecule has 0 amide bonds. The average molecular weight is 298 g/mol. The summed E-state index contributed by atoms with van der Waals surface area (Å²) in [5, 5.41) is 3.55. The summed E-state index contributed by atoms with van der Waals surface area (Å²) in [6.45, 7) is 0. The summed E-state index contributed by atoms with van der Waals surface area (Å²) in [6.07, 6.45) is 6.16. The second-order valence-electron chi connectivity index (χ2n) is 5.63.